The summed E-state index contributed by atoms with van der Waals surface area (Å²) in [6.07, 6.45) is 0.612. The number of carbonyl (C=O) groups excluding carboxylic acids is 2. The molecule has 0 N–H and O–H groups in total. The van der Waals surface area contributed by atoms with Gasteiger partial charge in [0.25, 0.3) is 11.8 Å². The third-order valence-electron chi connectivity index (χ3n) is 5.95. The van der Waals surface area contributed by atoms with Crippen molar-refractivity contribution in [2.24, 2.45) is 5.92 Å². The van der Waals surface area contributed by atoms with Crippen molar-refractivity contribution in [1.29, 1.82) is 0 Å². The van der Waals surface area contributed by atoms with Gasteiger partial charge in [-0.3, -0.25) is 9.59 Å². The van der Waals surface area contributed by atoms with Crippen LogP contribution in [0.4, 0.5) is 13.2 Å². The van der Waals surface area contributed by atoms with E-state index >= 15 is 0 Å². The Labute approximate surface area is 169 Å². The summed E-state index contributed by atoms with van der Waals surface area (Å²) < 4.78 is 44.9. The molecule has 1 aromatic heterocycles. The van der Waals surface area contributed by atoms with E-state index in [9.17, 15) is 22.8 Å². The zero-order valence-electron chi connectivity index (χ0n) is 16.0. The van der Waals surface area contributed by atoms with Gasteiger partial charge in [0.05, 0.1) is 0 Å². The van der Waals surface area contributed by atoms with Crippen LogP contribution in [0.3, 0.4) is 0 Å². The monoisotopic (exact) mass is 420 g/mol. The maximum absolute atomic E-state index is 14.7. The van der Waals surface area contributed by atoms with Crippen LogP contribution in [0.2, 0.25) is 0 Å². The van der Waals surface area contributed by atoms with Gasteiger partial charge < -0.3 is 14.2 Å². The Bertz CT molecular complexity index is 1020. The van der Waals surface area contributed by atoms with Crippen LogP contribution in [0.25, 0.3) is 11.5 Å². The topological polar surface area (TPSA) is 79.5 Å². The predicted molar refractivity (Wildman–Crippen MR) is 96.8 cm³/mol. The molecule has 1 atom stereocenters. The average molecular weight is 420 g/mol. The van der Waals surface area contributed by atoms with E-state index in [-0.39, 0.29) is 52.9 Å². The number of likely N-dealkylation sites (tertiary alicyclic amines) is 1. The zero-order chi connectivity index (χ0) is 21.0. The smallest absolute Gasteiger partial charge is 0.314 e. The summed E-state index contributed by atoms with van der Waals surface area (Å²) in [5.74, 6) is -1.85. The largest absolute Gasteiger partial charge is 0.415 e. The molecule has 0 radical (unpaired) electrons. The van der Waals surface area contributed by atoms with Gasteiger partial charge in [0, 0.05) is 48.3 Å². The number of aromatic nitrogens is 2. The Morgan fingerprint density at radius 2 is 2.03 bits per heavy atom. The Kier molecular flexibility index (Phi) is 4.52. The van der Waals surface area contributed by atoms with Gasteiger partial charge in [-0.1, -0.05) is 0 Å². The molecule has 2 amide bonds. The highest BCUT2D eigenvalue weighted by Gasteiger charge is 2.40. The lowest BCUT2D eigenvalue weighted by molar-refractivity contribution is -0.133. The first-order valence-corrected chi connectivity index (χ1v) is 9.96. The minimum absolute atomic E-state index is 0.0663. The van der Waals surface area contributed by atoms with E-state index in [1.807, 2.05) is 4.90 Å². The second-order valence-electron chi connectivity index (χ2n) is 8.02. The molecule has 2 aromatic rings. The lowest BCUT2D eigenvalue weighted by Gasteiger charge is -2.28. The van der Waals surface area contributed by atoms with Crippen molar-refractivity contribution in [3.8, 4) is 11.5 Å². The van der Waals surface area contributed by atoms with Crippen LogP contribution in [0.5, 0.6) is 0 Å². The minimum atomic E-state index is -2.93. The summed E-state index contributed by atoms with van der Waals surface area (Å²) in [6, 6.07) is 2.44. The molecule has 1 aromatic carbocycles. The first-order chi connectivity index (χ1) is 14.4. The third-order valence-corrected chi connectivity index (χ3v) is 5.95. The van der Waals surface area contributed by atoms with Crippen LogP contribution in [0.1, 0.15) is 53.9 Å². The molecule has 2 aliphatic heterocycles. The molecule has 1 saturated carbocycles. The number of halogens is 3. The van der Waals surface area contributed by atoms with E-state index in [0.717, 1.165) is 31.7 Å². The van der Waals surface area contributed by atoms with Gasteiger partial charge >= 0.3 is 6.43 Å². The van der Waals surface area contributed by atoms with Crippen molar-refractivity contribution >= 4 is 11.8 Å². The molecule has 3 heterocycles. The second kappa shape index (κ2) is 7.10. The number of alkyl halides is 2. The number of benzene rings is 1. The summed E-state index contributed by atoms with van der Waals surface area (Å²) in [5.41, 5.74) is 0.475. The Hall–Kier alpha value is -2.91. The van der Waals surface area contributed by atoms with E-state index in [4.69, 9.17) is 4.42 Å². The van der Waals surface area contributed by atoms with Crippen molar-refractivity contribution < 1.29 is 27.2 Å². The molecule has 0 spiro atoms. The molecule has 0 bridgehead atoms. The fraction of sp³-hybridized carbons (Fsp3) is 0.500. The zero-order valence-corrected chi connectivity index (χ0v) is 16.0. The number of nitrogens with zero attached hydrogens (tertiary/aromatic N) is 4. The quantitative estimate of drug-likeness (QED) is 0.743. The van der Waals surface area contributed by atoms with E-state index in [1.165, 1.54) is 6.07 Å². The summed E-state index contributed by atoms with van der Waals surface area (Å²) in [6.45, 7) is 1.14. The van der Waals surface area contributed by atoms with Crippen LogP contribution in [0, 0.1) is 11.7 Å². The maximum atomic E-state index is 14.7. The summed E-state index contributed by atoms with van der Waals surface area (Å²) >= 11 is 0. The molecule has 1 saturated heterocycles. The molecule has 0 unspecified atom stereocenters. The predicted octanol–water partition coefficient (Wildman–Crippen LogP) is 3.17. The second-order valence-corrected chi connectivity index (χ2v) is 8.02. The van der Waals surface area contributed by atoms with Gasteiger partial charge in [-0.05, 0) is 37.8 Å². The fourth-order valence-electron chi connectivity index (χ4n) is 4.27. The van der Waals surface area contributed by atoms with E-state index in [2.05, 4.69) is 10.2 Å². The standard InChI is InChI=1S/C20H19F3N4O3/c21-15-7-11(17-24-25-18(30-17)16(22)23)6-13-14(15)9-26(20(13)29)8-12-2-1-5-27(12)19(28)10-3-4-10/h6-7,10,12,16H,1-5,8-9H2/t12-/m0/s1. The third kappa shape index (κ3) is 3.23. The van der Waals surface area contributed by atoms with Gasteiger partial charge in [-0.2, -0.15) is 8.78 Å². The highest BCUT2D eigenvalue weighted by atomic mass is 19.3. The van der Waals surface area contributed by atoms with Crippen molar-refractivity contribution in [1.82, 2.24) is 20.0 Å². The maximum Gasteiger partial charge on any atom is 0.314 e. The molecular formula is C20H19F3N4O3. The van der Waals surface area contributed by atoms with E-state index < -0.39 is 18.1 Å². The van der Waals surface area contributed by atoms with Crippen LogP contribution in [-0.2, 0) is 11.3 Å². The molecule has 10 heteroatoms. The van der Waals surface area contributed by atoms with Gasteiger partial charge in [0.1, 0.15) is 5.82 Å². The first kappa shape index (κ1) is 19.1. The number of hydrogen-bond donors (Lipinski definition) is 0. The Morgan fingerprint density at radius 3 is 2.73 bits per heavy atom. The SMILES string of the molecule is O=C1c2cc(-c3nnc(C(F)F)o3)cc(F)c2CN1C[C@@H]1CCCN1C(=O)C1CC1. The van der Waals surface area contributed by atoms with Crippen LogP contribution in [0.15, 0.2) is 16.5 Å². The lowest BCUT2D eigenvalue weighted by Crippen LogP contribution is -2.44. The highest BCUT2D eigenvalue weighted by Crippen LogP contribution is 2.35. The van der Waals surface area contributed by atoms with Gasteiger partial charge in [0.15, 0.2) is 0 Å². The summed E-state index contributed by atoms with van der Waals surface area (Å²) in [7, 11) is 0. The van der Waals surface area contributed by atoms with Crippen molar-refractivity contribution in [2.45, 2.75) is 44.7 Å². The highest BCUT2D eigenvalue weighted by molar-refractivity contribution is 5.99. The molecule has 3 aliphatic rings. The summed E-state index contributed by atoms with van der Waals surface area (Å²) in [4.78, 5) is 28.8. The van der Waals surface area contributed by atoms with Crippen LogP contribution < -0.4 is 0 Å². The van der Waals surface area contributed by atoms with Crippen LogP contribution >= 0.6 is 0 Å². The number of hydrogen-bond acceptors (Lipinski definition) is 5. The minimum Gasteiger partial charge on any atom is -0.415 e. The Morgan fingerprint density at radius 1 is 1.23 bits per heavy atom. The number of carbonyl (C=O) groups is 2. The number of fused-ring (bicyclic) bond motifs is 1. The lowest BCUT2D eigenvalue weighted by atomic mass is 10.1. The van der Waals surface area contributed by atoms with E-state index in [0.29, 0.717) is 13.1 Å². The first-order valence-electron chi connectivity index (χ1n) is 9.96. The van der Waals surface area contributed by atoms with Crippen molar-refractivity contribution in [3.05, 3.63) is 35.0 Å². The molecule has 30 heavy (non-hydrogen) atoms. The molecular weight excluding hydrogens is 401 g/mol. The Balaban J connectivity index is 1.36. The molecule has 2 fully saturated rings. The molecule has 5 rings (SSSR count). The fourth-order valence-corrected chi connectivity index (χ4v) is 4.27. The summed E-state index contributed by atoms with van der Waals surface area (Å²) in [5, 5.41) is 6.76. The molecule has 7 nitrogen and oxygen atoms in total. The normalized spacial score (nSPS) is 21.1. The molecule has 158 valence electrons. The average Bonchev–Trinajstić information content (AvgIpc) is 3.12. The van der Waals surface area contributed by atoms with Crippen molar-refractivity contribution in [2.75, 3.05) is 13.1 Å². The van der Waals surface area contributed by atoms with Crippen LogP contribution in [-0.4, -0.2) is 50.9 Å². The number of rotatable bonds is 5. The van der Waals surface area contributed by atoms with Gasteiger partial charge in [-0.15, -0.1) is 10.2 Å². The number of amides is 2. The van der Waals surface area contributed by atoms with Crippen molar-refractivity contribution in [3.63, 3.8) is 0 Å². The van der Waals surface area contributed by atoms with Gasteiger partial charge in [0.2, 0.25) is 11.8 Å². The molecule has 1 aliphatic carbocycles. The van der Waals surface area contributed by atoms with E-state index in [1.54, 1.807) is 4.90 Å². The van der Waals surface area contributed by atoms with Gasteiger partial charge in [-0.25, -0.2) is 4.39 Å².